The smallest absolute Gasteiger partial charge is 0.194 e. The van der Waals surface area contributed by atoms with Crippen molar-refractivity contribution in [2.24, 2.45) is 4.99 Å². The van der Waals surface area contributed by atoms with Crippen molar-refractivity contribution in [2.45, 2.75) is 18.3 Å². The molecule has 0 N–H and O–H groups in total. The molecule has 2 aliphatic rings. The highest BCUT2D eigenvalue weighted by molar-refractivity contribution is 9.10. The van der Waals surface area contributed by atoms with E-state index in [0.29, 0.717) is 0 Å². The quantitative estimate of drug-likeness (QED) is 0.806. The van der Waals surface area contributed by atoms with Gasteiger partial charge in [-0.2, -0.15) is 0 Å². The van der Waals surface area contributed by atoms with Crippen molar-refractivity contribution < 1.29 is 4.74 Å². The van der Waals surface area contributed by atoms with Crippen LogP contribution in [0.2, 0.25) is 0 Å². The van der Waals surface area contributed by atoms with Crippen LogP contribution in [0.4, 0.5) is 0 Å². The minimum Gasteiger partial charge on any atom is -0.478 e. The fraction of sp³-hybridized carbons (Fsp3) is 0.417. The van der Waals surface area contributed by atoms with Gasteiger partial charge in [-0.1, -0.05) is 28.1 Å². The fourth-order valence-corrected chi connectivity index (χ4v) is 2.41. The van der Waals surface area contributed by atoms with Gasteiger partial charge in [0.05, 0.1) is 12.0 Å². The topological polar surface area (TPSA) is 21.6 Å². The number of hydrogen-bond donors (Lipinski definition) is 0. The monoisotopic (exact) mass is 265 g/mol. The Labute approximate surface area is 97.5 Å². The number of aliphatic imine (C=N–C) groups is 1. The molecule has 78 valence electrons. The molecule has 0 unspecified atom stereocenters. The summed E-state index contributed by atoms with van der Waals surface area (Å²) in [6.45, 7) is 1.58. The summed E-state index contributed by atoms with van der Waals surface area (Å²) in [4.78, 5) is 4.45. The standard InChI is InChI=1S/C12H12BrNO/c13-10-3-1-9(2-4-10)12(5-6-12)11-14-7-8-15-11/h1-4H,5-8H2. The number of hydrogen-bond acceptors (Lipinski definition) is 2. The Hall–Kier alpha value is -0.830. The molecule has 1 heterocycles. The summed E-state index contributed by atoms with van der Waals surface area (Å²) in [5.41, 5.74) is 1.46. The molecule has 0 spiro atoms. The third-order valence-electron chi connectivity index (χ3n) is 3.14. The van der Waals surface area contributed by atoms with Gasteiger partial charge in [0.15, 0.2) is 5.90 Å². The molecule has 1 aliphatic heterocycles. The van der Waals surface area contributed by atoms with Gasteiger partial charge in [-0.3, -0.25) is 4.99 Å². The molecule has 3 heteroatoms. The van der Waals surface area contributed by atoms with Gasteiger partial charge in [0.25, 0.3) is 0 Å². The molecule has 0 aromatic heterocycles. The van der Waals surface area contributed by atoms with E-state index in [1.54, 1.807) is 0 Å². The first-order valence-electron chi connectivity index (χ1n) is 5.25. The Morgan fingerprint density at radius 1 is 1.20 bits per heavy atom. The van der Waals surface area contributed by atoms with Crippen molar-refractivity contribution >= 4 is 21.8 Å². The van der Waals surface area contributed by atoms with Gasteiger partial charge in [-0.25, -0.2) is 0 Å². The van der Waals surface area contributed by atoms with Crippen molar-refractivity contribution in [2.75, 3.05) is 13.2 Å². The lowest BCUT2D eigenvalue weighted by molar-refractivity contribution is 0.330. The van der Waals surface area contributed by atoms with E-state index in [9.17, 15) is 0 Å². The molecular formula is C12H12BrNO. The molecule has 1 aromatic rings. The van der Waals surface area contributed by atoms with Crippen LogP contribution in [0.25, 0.3) is 0 Å². The molecule has 0 radical (unpaired) electrons. The number of nitrogens with zero attached hydrogens (tertiary/aromatic N) is 1. The zero-order valence-corrected chi connectivity index (χ0v) is 9.96. The van der Waals surface area contributed by atoms with E-state index in [1.165, 1.54) is 18.4 Å². The maximum Gasteiger partial charge on any atom is 0.194 e. The van der Waals surface area contributed by atoms with E-state index in [0.717, 1.165) is 23.5 Å². The highest BCUT2D eigenvalue weighted by atomic mass is 79.9. The fourth-order valence-electron chi connectivity index (χ4n) is 2.14. The molecular weight excluding hydrogens is 254 g/mol. The first-order valence-corrected chi connectivity index (χ1v) is 6.04. The second kappa shape index (κ2) is 3.34. The van der Waals surface area contributed by atoms with E-state index in [1.807, 2.05) is 0 Å². The highest BCUT2D eigenvalue weighted by Gasteiger charge is 2.51. The second-order valence-electron chi connectivity index (χ2n) is 4.12. The molecule has 1 saturated carbocycles. The number of ether oxygens (including phenoxy) is 1. The van der Waals surface area contributed by atoms with Gasteiger partial charge < -0.3 is 4.74 Å². The third kappa shape index (κ3) is 1.49. The van der Waals surface area contributed by atoms with Crippen molar-refractivity contribution in [3.8, 4) is 0 Å². The van der Waals surface area contributed by atoms with Crippen LogP contribution in [-0.4, -0.2) is 19.0 Å². The van der Waals surface area contributed by atoms with E-state index in [-0.39, 0.29) is 5.41 Å². The predicted octanol–water partition coefficient (Wildman–Crippen LogP) is 2.91. The summed E-state index contributed by atoms with van der Waals surface area (Å²) >= 11 is 3.45. The highest BCUT2D eigenvalue weighted by Crippen LogP contribution is 2.50. The Bertz CT molecular complexity index is 406. The minimum absolute atomic E-state index is 0.122. The average molecular weight is 266 g/mol. The normalized spacial score (nSPS) is 22.1. The second-order valence-corrected chi connectivity index (χ2v) is 5.04. The average Bonchev–Trinajstić information content (AvgIpc) is 2.88. The van der Waals surface area contributed by atoms with Crippen LogP contribution in [0, 0.1) is 0 Å². The summed E-state index contributed by atoms with van der Waals surface area (Å²) in [6.07, 6.45) is 2.35. The first kappa shape index (κ1) is 9.40. The summed E-state index contributed by atoms with van der Waals surface area (Å²) in [5, 5.41) is 0. The van der Waals surface area contributed by atoms with E-state index in [4.69, 9.17) is 4.74 Å². The summed E-state index contributed by atoms with van der Waals surface area (Å²) < 4.78 is 6.72. The lowest BCUT2D eigenvalue weighted by atomic mass is 9.96. The molecule has 1 aromatic carbocycles. The van der Waals surface area contributed by atoms with Crippen molar-refractivity contribution in [3.05, 3.63) is 34.3 Å². The van der Waals surface area contributed by atoms with Crippen LogP contribution >= 0.6 is 15.9 Å². The molecule has 1 fully saturated rings. The number of benzene rings is 1. The first-order chi connectivity index (χ1) is 7.31. The molecule has 15 heavy (non-hydrogen) atoms. The van der Waals surface area contributed by atoms with Gasteiger partial charge in [0.1, 0.15) is 6.61 Å². The van der Waals surface area contributed by atoms with Gasteiger partial charge in [-0.05, 0) is 30.5 Å². The van der Waals surface area contributed by atoms with Crippen LogP contribution in [0.3, 0.4) is 0 Å². The Balaban J connectivity index is 1.96. The lowest BCUT2D eigenvalue weighted by Gasteiger charge is -2.15. The minimum atomic E-state index is 0.122. The Kier molecular flexibility index (Phi) is 2.09. The summed E-state index contributed by atoms with van der Waals surface area (Å²) in [6, 6.07) is 8.51. The van der Waals surface area contributed by atoms with Crippen LogP contribution in [0.5, 0.6) is 0 Å². The SMILES string of the molecule is Brc1ccc(C2(C3=NCCO3)CC2)cc1. The van der Waals surface area contributed by atoms with Crippen molar-refractivity contribution in [1.29, 1.82) is 0 Å². The zero-order chi connectivity index (χ0) is 10.3. The van der Waals surface area contributed by atoms with Gasteiger partial charge in [-0.15, -0.1) is 0 Å². The number of rotatable bonds is 2. The van der Waals surface area contributed by atoms with Crippen molar-refractivity contribution in [3.63, 3.8) is 0 Å². The Morgan fingerprint density at radius 2 is 1.93 bits per heavy atom. The largest absolute Gasteiger partial charge is 0.478 e. The molecule has 0 amide bonds. The summed E-state index contributed by atoms with van der Waals surface area (Å²) in [7, 11) is 0. The van der Waals surface area contributed by atoms with Crippen LogP contribution < -0.4 is 0 Å². The third-order valence-corrected chi connectivity index (χ3v) is 3.67. The maximum absolute atomic E-state index is 5.60. The Morgan fingerprint density at radius 3 is 2.47 bits per heavy atom. The summed E-state index contributed by atoms with van der Waals surface area (Å²) in [5.74, 6) is 0.963. The van der Waals surface area contributed by atoms with Crippen LogP contribution in [-0.2, 0) is 10.2 Å². The van der Waals surface area contributed by atoms with Gasteiger partial charge in [0.2, 0.25) is 0 Å². The van der Waals surface area contributed by atoms with E-state index in [2.05, 4.69) is 45.2 Å². The van der Waals surface area contributed by atoms with Gasteiger partial charge >= 0.3 is 0 Å². The molecule has 0 bridgehead atoms. The predicted molar refractivity (Wildman–Crippen MR) is 63.3 cm³/mol. The van der Waals surface area contributed by atoms with Crippen LogP contribution in [0.15, 0.2) is 33.7 Å². The molecule has 1 aliphatic carbocycles. The molecule has 0 atom stereocenters. The molecule has 2 nitrogen and oxygen atoms in total. The van der Waals surface area contributed by atoms with Gasteiger partial charge in [0, 0.05) is 4.47 Å². The van der Waals surface area contributed by atoms with E-state index < -0.39 is 0 Å². The zero-order valence-electron chi connectivity index (χ0n) is 8.37. The van der Waals surface area contributed by atoms with Crippen LogP contribution in [0.1, 0.15) is 18.4 Å². The molecule has 0 saturated heterocycles. The number of halogens is 1. The lowest BCUT2D eigenvalue weighted by Crippen LogP contribution is -2.20. The van der Waals surface area contributed by atoms with E-state index >= 15 is 0 Å². The molecule has 3 rings (SSSR count). The maximum atomic E-state index is 5.60. The van der Waals surface area contributed by atoms with Crippen molar-refractivity contribution in [1.82, 2.24) is 0 Å².